The van der Waals surface area contributed by atoms with Crippen LogP contribution in [-0.2, 0) is 0 Å². The molecule has 2 heterocycles. The van der Waals surface area contributed by atoms with Gasteiger partial charge in [-0.25, -0.2) is 4.39 Å². The SMILES string of the molecule is O=C(c1ccoc1)N1CCC(CCOc2ccc(F)cc2)CC1. The van der Waals surface area contributed by atoms with Gasteiger partial charge < -0.3 is 14.1 Å². The number of carbonyl (C=O) groups excluding carboxylic acids is 1. The first-order chi connectivity index (χ1) is 11.2. The number of hydrogen-bond donors (Lipinski definition) is 0. The zero-order valence-corrected chi connectivity index (χ0v) is 12.9. The first-order valence-electron chi connectivity index (χ1n) is 7.92. The standard InChI is InChI=1S/C18H20FNO3/c19-16-1-3-17(4-2-16)23-12-7-14-5-9-20(10-6-14)18(21)15-8-11-22-13-15/h1-4,8,11,13-14H,5-7,9-10,12H2. The van der Waals surface area contributed by atoms with E-state index in [-0.39, 0.29) is 11.7 Å². The summed E-state index contributed by atoms with van der Waals surface area (Å²) in [6.45, 7) is 2.16. The summed E-state index contributed by atoms with van der Waals surface area (Å²) in [4.78, 5) is 14.1. The van der Waals surface area contributed by atoms with Crippen LogP contribution in [0.4, 0.5) is 4.39 Å². The van der Waals surface area contributed by atoms with Crippen LogP contribution in [-0.4, -0.2) is 30.5 Å². The number of likely N-dealkylation sites (tertiary alicyclic amines) is 1. The Labute approximate surface area is 134 Å². The third-order valence-corrected chi connectivity index (χ3v) is 4.28. The fraction of sp³-hybridized carbons (Fsp3) is 0.389. The van der Waals surface area contributed by atoms with E-state index in [2.05, 4.69) is 0 Å². The Kier molecular flexibility index (Phi) is 4.95. The summed E-state index contributed by atoms with van der Waals surface area (Å²) < 4.78 is 23.4. The number of piperidine rings is 1. The van der Waals surface area contributed by atoms with Crippen molar-refractivity contribution in [3.8, 4) is 5.75 Å². The highest BCUT2D eigenvalue weighted by molar-refractivity contribution is 5.93. The maximum absolute atomic E-state index is 12.8. The number of halogens is 1. The van der Waals surface area contributed by atoms with Gasteiger partial charge in [-0.1, -0.05) is 0 Å². The van der Waals surface area contributed by atoms with E-state index in [1.165, 1.54) is 24.7 Å². The summed E-state index contributed by atoms with van der Waals surface area (Å²) in [7, 11) is 0. The van der Waals surface area contributed by atoms with Gasteiger partial charge in [-0.3, -0.25) is 4.79 Å². The van der Waals surface area contributed by atoms with Gasteiger partial charge in [0.25, 0.3) is 5.91 Å². The number of nitrogens with zero attached hydrogens (tertiary/aromatic N) is 1. The van der Waals surface area contributed by atoms with Crippen LogP contribution in [0.1, 0.15) is 29.6 Å². The van der Waals surface area contributed by atoms with Crippen LogP contribution >= 0.6 is 0 Å². The van der Waals surface area contributed by atoms with Crippen molar-refractivity contribution in [2.75, 3.05) is 19.7 Å². The molecular formula is C18H20FNO3. The highest BCUT2D eigenvalue weighted by atomic mass is 19.1. The number of rotatable bonds is 5. The topological polar surface area (TPSA) is 42.7 Å². The maximum atomic E-state index is 12.8. The molecule has 2 aromatic rings. The lowest BCUT2D eigenvalue weighted by molar-refractivity contribution is 0.0679. The van der Waals surface area contributed by atoms with Crippen molar-refractivity contribution in [2.24, 2.45) is 5.92 Å². The smallest absolute Gasteiger partial charge is 0.257 e. The van der Waals surface area contributed by atoms with Gasteiger partial charge in [-0.15, -0.1) is 0 Å². The van der Waals surface area contributed by atoms with Crippen LogP contribution in [0.2, 0.25) is 0 Å². The second-order valence-electron chi connectivity index (χ2n) is 5.84. The first kappa shape index (κ1) is 15.6. The quantitative estimate of drug-likeness (QED) is 0.843. The molecule has 5 heteroatoms. The molecular weight excluding hydrogens is 297 g/mol. The molecule has 1 saturated heterocycles. The lowest BCUT2D eigenvalue weighted by Gasteiger charge is -2.31. The van der Waals surface area contributed by atoms with Crippen LogP contribution in [0.15, 0.2) is 47.3 Å². The van der Waals surface area contributed by atoms with Crippen LogP contribution < -0.4 is 4.74 Å². The lowest BCUT2D eigenvalue weighted by Crippen LogP contribution is -2.38. The minimum absolute atomic E-state index is 0.0414. The largest absolute Gasteiger partial charge is 0.494 e. The Hall–Kier alpha value is -2.30. The van der Waals surface area contributed by atoms with E-state index in [1.807, 2.05) is 4.90 Å². The molecule has 1 aliphatic rings. The Morgan fingerprint density at radius 3 is 2.61 bits per heavy atom. The molecule has 23 heavy (non-hydrogen) atoms. The molecule has 0 bridgehead atoms. The van der Waals surface area contributed by atoms with Crippen LogP contribution in [0, 0.1) is 11.7 Å². The van der Waals surface area contributed by atoms with Crippen LogP contribution in [0.25, 0.3) is 0 Å². The molecule has 0 unspecified atom stereocenters. The summed E-state index contributed by atoms with van der Waals surface area (Å²) in [5.74, 6) is 1.04. The van der Waals surface area contributed by atoms with Gasteiger partial charge in [0.2, 0.25) is 0 Å². The van der Waals surface area contributed by atoms with Gasteiger partial charge in [0, 0.05) is 13.1 Å². The van der Waals surface area contributed by atoms with Gasteiger partial charge in [0.15, 0.2) is 0 Å². The summed E-state index contributed by atoms with van der Waals surface area (Å²) in [6, 6.07) is 7.78. The Balaban J connectivity index is 1.39. The van der Waals surface area contributed by atoms with E-state index in [0.29, 0.717) is 23.8 Å². The van der Waals surface area contributed by atoms with Gasteiger partial charge in [-0.2, -0.15) is 0 Å². The van der Waals surface area contributed by atoms with Crippen molar-refractivity contribution in [1.29, 1.82) is 0 Å². The Morgan fingerprint density at radius 1 is 1.22 bits per heavy atom. The van der Waals surface area contributed by atoms with Crippen molar-refractivity contribution in [1.82, 2.24) is 4.90 Å². The van der Waals surface area contributed by atoms with E-state index >= 15 is 0 Å². The predicted molar refractivity (Wildman–Crippen MR) is 83.8 cm³/mol. The van der Waals surface area contributed by atoms with E-state index in [4.69, 9.17) is 9.15 Å². The molecule has 122 valence electrons. The molecule has 3 rings (SSSR count). The summed E-state index contributed by atoms with van der Waals surface area (Å²) in [5.41, 5.74) is 0.614. The molecule has 0 aliphatic carbocycles. The second kappa shape index (κ2) is 7.31. The highest BCUT2D eigenvalue weighted by Gasteiger charge is 2.24. The van der Waals surface area contributed by atoms with E-state index < -0.39 is 0 Å². The molecule has 0 spiro atoms. The van der Waals surface area contributed by atoms with Crippen molar-refractivity contribution >= 4 is 5.91 Å². The molecule has 4 nitrogen and oxygen atoms in total. The molecule has 1 aromatic carbocycles. The average Bonchev–Trinajstić information content (AvgIpc) is 3.11. The average molecular weight is 317 g/mol. The fourth-order valence-electron chi connectivity index (χ4n) is 2.87. The van der Waals surface area contributed by atoms with Gasteiger partial charge >= 0.3 is 0 Å². The Morgan fingerprint density at radius 2 is 1.96 bits per heavy atom. The first-order valence-corrected chi connectivity index (χ1v) is 7.92. The zero-order valence-electron chi connectivity index (χ0n) is 12.9. The van der Waals surface area contributed by atoms with Crippen molar-refractivity contribution in [3.05, 3.63) is 54.2 Å². The van der Waals surface area contributed by atoms with Crippen LogP contribution in [0.3, 0.4) is 0 Å². The molecule has 1 fully saturated rings. The molecule has 0 atom stereocenters. The number of amides is 1. The minimum Gasteiger partial charge on any atom is -0.494 e. The summed E-state index contributed by atoms with van der Waals surface area (Å²) >= 11 is 0. The number of ether oxygens (including phenoxy) is 1. The van der Waals surface area contributed by atoms with Gasteiger partial charge in [-0.05, 0) is 55.5 Å². The second-order valence-corrected chi connectivity index (χ2v) is 5.84. The minimum atomic E-state index is -0.257. The molecule has 1 amide bonds. The molecule has 1 aromatic heterocycles. The van der Waals surface area contributed by atoms with Gasteiger partial charge in [0.05, 0.1) is 18.4 Å². The van der Waals surface area contributed by atoms with Crippen LogP contribution in [0.5, 0.6) is 5.75 Å². The number of furan rings is 1. The summed E-state index contributed by atoms with van der Waals surface area (Å²) in [6.07, 6.45) is 5.93. The predicted octanol–water partition coefficient (Wildman–Crippen LogP) is 3.74. The molecule has 0 N–H and O–H groups in total. The Bertz CT molecular complexity index is 616. The fourth-order valence-corrected chi connectivity index (χ4v) is 2.87. The van der Waals surface area contributed by atoms with E-state index in [1.54, 1.807) is 18.2 Å². The highest BCUT2D eigenvalue weighted by Crippen LogP contribution is 2.22. The number of benzene rings is 1. The molecule has 1 aliphatic heterocycles. The summed E-state index contributed by atoms with van der Waals surface area (Å²) in [5, 5.41) is 0. The van der Waals surface area contributed by atoms with Gasteiger partial charge in [0.1, 0.15) is 17.8 Å². The number of hydrogen-bond acceptors (Lipinski definition) is 3. The molecule has 0 radical (unpaired) electrons. The van der Waals surface area contributed by atoms with E-state index in [9.17, 15) is 9.18 Å². The lowest BCUT2D eigenvalue weighted by atomic mass is 9.93. The third-order valence-electron chi connectivity index (χ3n) is 4.28. The molecule has 0 saturated carbocycles. The monoisotopic (exact) mass is 317 g/mol. The van der Waals surface area contributed by atoms with Crippen molar-refractivity contribution in [2.45, 2.75) is 19.3 Å². The third kappa shape index (κ3) is 4.12. The van der Waals surface area contributed by atoms with Crippen molar-refractivity contribution in [3.63, 3.8) is 0 Å². The zero-order chi connectivity index (χ0) is 16.1. The van der Waals surface area contributed by atoms with Crippen molar-refractivity contribution < 1.29 is 18.3 Å². The normalized spacial score (nSPS) is 15.6. The maximum Gasteiger partial charge on any atom is 0.257 e. The number of carbonyl (C=O) groups is 1. The van der Waals surface area contributed by atoms with E-state index in [0.717, 1.165) is 32.4 Å².